The number of para-hydroxylation sites is 2. The van der Waals surface area contributed by atoms with Gasteiger partial charge < -0.3 is 9.47 Å². The molecule has 0 radical (unpaired) electrons. The average molecular weight is 281 g/mol. The van der Waals surface area contributed by atoms with Gasteiger partial charge in [-0.3, -0.25) is 4.79 Å². The lowest BCUT2D eigenvalue weighted by molar-refractivity contribution is -0.127. The van der Waals surface area contributed by atoms with E-state index in [4.69, 9.17) is 4.98 Å². The second-order valence-electron chi connectivity index (χ2n) is 5.35. The van der Waals surface area contributed by atoms with Crippen LogP contribution in [0.2, 0.25) is 0 Å². The van der Waals surface area contributed by atoms with Gasteiger partial charge >= 0.3 is 0 Å². The number of nitrogens with zero attached hydrogens (tertiary/aromatic N) is 3. The first-order chi connectivity index (χ1) is 10.2. The van der Waals surface area contributed by atoms with Crippen LogP contribution in [0.3, 0.4) is 0 Å². The van der Waals surface area contributed by atoms with Crippen molar-refractivity contribution >= 4 is 16.9 Å². The van der Waals surface area contributed by atoms with Crippen molar-refractivity contribution in [1.29, 1.82) is 0 Å². The number of rotatable bonds is 5. The van der Waals surface area contributed by atoms with Gasteiger partial charge in [0.15, 0.2) is 0 Å². The molecule has 0 spiro atoms. The Labute approximate surface area is 124 Å². The Balaban J connectivity index is 2.00. The lowest BCUT2D eigenvalue weighted by atomic mass is 10.1. The molecule has 1 aromatic carbocycles. The van der Waals surface area contributed by atoms with Gasteiger partial charge in [-0.2, -0.15) is 0 Å². The number of carbonyl (C=O) groups is 1. The molecule has 1 atom stereocenters. The highest BCUT2D eigenvalue weighted by atomic mass is 16.2. The molecule has 21 heavy (non-hydrogen) atoms. The molecule has 2 aromatic rings. The van der Waals surface area contributed by atoms with Gasteiger partial charge in [0.05, 0.1) is 11.0 Å². The zero-order valence-electron chi connectivity index (χ0n) is 12.0. The number of carbonyl (C=O) groups excluding carboxylic acids is 1. The third-order valence-corrected chi connectivity index (χ3v) is 3.92. The molecular formula is C17H19N3O. The van der Waals surface area contributed by atoms with Gasteiger partial charge in [-0.1, -0.05) is 24.3 Å². The molecule has 1 amide bonds. The number of imidazole rings is 1. The summed E-state index contributed by atoms with van der Waals surface area (Å²) in [6, 6.07) is 8.07. The van der Waals surface area contributed by atoms with Crippen LogP contribution >= 0.6 is 0 Å². The minimum absolute atomic E-state index is 0.143. The van der Waals surface area contributed by atoms with Crippen LogP contribution in [0.5, 0.6) is 0 Å². The normalized spacial score (nSPS) is 18.4. The van der Waals surface area contributed by atoms with Crippen LogP contribution in [-0.2, 0) is 11.3 Å². The summed E-state index contributed by atoms with van der Waals surface area (Å²) in [6.45, 7) is 9.57. The van der Waals surface area contributed by atoms with Crippen molar-refractivity contribution in [2.24, 2.45) is 0 Å². The first-order valence-corrected chi connectivity index (χ1v) is 7.19. The van der Waals surface area contributed by atoms with Crippen molar-refractivity contribution in [3.8, 4) is 0 Å². The molecule has 108 valence electrons. The van der Waals surface area contributed by atoms with E-state index in [0.717, 1.165) is 16.9 Å². The van der Waals surface area contributed by atoms with Gasteiger partial charge in [0.25, 0.3) is 0 Å². The average Bonchev–Trinajstić information content (AvgIpc) is 3.02. The smallest absolute Gasteiger partial charge is 0.223 e. The zero-order chi connectivity index (χ0) is 14.8. The minimum Gasteiger partial charge on any atom is -0.338 e. The summed E-state index contributed by atoms with van der Waals surface area (Å²) in [7, 11) is 0. The van der Waals surface area contributed by atoms with E-state index < -0.39 is 0 Å². The van der Waals surface area contributed by atoms with Gasteiger partial charge in [0.2, 0.25) is 5.91 Å². The monoisotopic (exact) mass is 281 g/mol. The maximum atomic E-state index is 12.1. The number of fused-ring (bicyclic) bond motifs is 1. The molecule has 0 N–H and O–H groups in total. The van der Waals surface area contributed by atoms with E-state index >= 15 is 0 Å². The highest BCUT2D eigenvalue weighted by molar-refractivity contribution is 5.81. The van der Waals surface area contributed by atoms with E-state index in [1.807, 2.05) is 29.2 Å². The number of aromatic nitrogens is 2. The van der Waals surface area contributed by atoms with E-state index in [-0.39, 0.29) is 11.8 Å². The fourth-order valence-corrected chi connectivity index (χ4v) is 3.00. The molecule has 1 aromatic heterocycles. The van der Waals surface area contributed by atoms with Crippen molar-refractivity contribution in [3.63, 3.8) is 0 Å². The number of amides is 1. The molecule has 2 heterocycles. The Kier molecular flexibility index (Phi) is 3.60. The predicted molar refractivity (Wildman–Crippen MR) is 84.1 cm³/mol. The van der Waals surface area contributed by atoms with Crippen LogP contribution < -0.4 is 0 Å². The molecular weight excluding hydrogens is 262 g/mol. The van der Waals surface area contributed by atoms with E-state index in [1.165, 1.54) is 0 Å². The summed E-state index contributed by atoms with van der Waals surface area (Å²) >= 11 is 0. The molecule has 1 aliphatic rings. The van der Waals surface area contributed by atoms with E-state index in [1.54, 1.807) is 6.08 Å². The molecule has 1 aliphatic heterocycles. The Morgan fingerprint density at radius 2 is 2.00 bits per heavy atom. The molecule has 0 saturated carbocycles. The molecule has 1 fully saturated rings. The van der Waals surface area contributed by atoms with Crippen molar-refractivity contribution in [2.75, 3.05) is 13.1 Å². The predicted octanol–water partition coefficient (Wildman–Crippen LogP) is 2.72. The minimum atomic E-state index is 0.143. The lowest BCUT2D eigenvalue weighted by Gasteiger charge is -2.14. The van der Waals surface area contributed by atoms with Crippen LogP contribution in [0, 0.1) is 0 Å². The molecule has 0 unspecified atom stereocenters. The first-order valence-electron chi connectivity index (χ1n) is 7.19. The lowest BCUT2D eigenvalue weighted by Crippen LogP contribution is -2.25. The largest absolute Gasteiger partial charge is 0.338 e. The first kappa shape index (κ1) is 13.6. The van der Waals surface area contributed by atoms with Crippen molar-refractivity contribution in [2.45, 2.75) is 18.9 Å². The van der Waals surface area contributed by atoms with Crippen LogP contribution in [0.15, 0.2) is 49.6 Å². The van der Waals surface area contributed by atoms with Gasteiger partial charge in [-0.15, -0.1) is 13.2 Å². The molecule has 4 heteroatoms. The van der Waals surface area contributed by atoms with Crippen molar-refractivity contribution in [3.05, 3.63) is 55.4 Å². The Morgan fingerprint density at radius 1 is 1.24 bits per heavy atom. The molecule has 0 aliphatic carbocycles. The summed E-state index contributed by atoms with van der Waals surface area (Å²) < 4.78 is 2.16. The molecule has 0 bridgehead atoms. The number of allylic oxidation sites excluding steroid dienone is 1. The molecule has 3 rings (SSSR count). The Hall–Kier alpha value is -2.36. The van der Waals surface area contributed by atoms with Gasteiger partial charge in [-0.05, 0) is 12.1 Å². The molecule has 1 saturated heterocycles. The summed E-state index contributed by atoms with van der Waals surface area (Å²) in [4.78, 5) is 18.6. The van der Waals surface area contributed by atoms with Gasteiger partial charge in [0.1, 0.15) is 5.82 Å². The van der Waals surface area contributed by atoms with E-state index in [0.29, 0.717) is 26.1 Å². The second kappa shape index (κ2) is 5.56. The Bertz CT molecular complexity index is 701. The van der Waals surface area contributed by atoms with E-state index in [2.05, 4.69) is 23.8 Å². The van der Waals surface area contributed by atoms with E-state index in [9.17, 15) is 4.79 Å². The highest BCUT2D eigenvalue weighted by Crippen LogP contribution is 2.30. The summed E-state index contributed by atoms with van der Waals surface area (Å²) in [5.74, 6) is 1.30. The van der Waals surface area contributed by atoms with Crippen LogP contribution in [0.1, 0.15) is 18.2 Å². The summed E-state index contributed by atoms with van der Waals surface area (Å²) in [5, 5.41) is 0. The third kappa shape index (κ3) is 2.37. The highest BCUT2D eigenvalue weighted by Gasteiger charge is 2.33. The fourth-order valence-electron chi connectivity index (χ4n) is 3.00. The SMILES string of the molecule is C=CCN1C[C@@H](c2nc3ccccc3n2CC=C)CC1=O. The van der Waals surface area contributed by atoms with Gasteiger partial charge in [-0.25, -0.2) is 4.98 Å². The third-order valence-electron chi connectivity index (χ3n) is 3.92. The standard InChI is InChI=1S/C17H19N3O/c1-3-9-19-12-13(11-16(19)21)17-18-14-7-5-6-8-15(14)20(17)10-4-2/h3-8,13H,1-2,9-12H2/t13-/m0/s1. The van der Waals surface area contributed by atoms with Gasteiger partial charge in [0, 0.05) is 32.0 Å². The number of benzene rings is 1. The maximum Gasteiger partial charge on any atom is 0.223 e. The van der Waals surface area contributed by atoms with Crippen LogP contribution in [0.25, 0.3) is 11.0 Å². The van der Waals surface area contributed by atoms with Crippen LogP contribution in [-0.4, -0.2) is 33.4 Å². The molecule has 4 nitrogen and oxygen atoms in total. The fraction of sp³-hybridized carbons (Fsp3) is 0.294. The quantitative estimate of drug-likeness (QED) is 0.790. The summed E-state index contributed by atoms with van der Waals surface area (Å²) in [6.07, 6.45) is 4.16. The Morgan fingerprint density at radius 3 is 2.76 bits per heavy atom. The topological polar surface area (TPSA) is 38.1 Å². The van der Waals surface area contributed by atoms with Crippen molar-refractivity contribution < 1.29 is 4.79 Å². The summed E-state index contributed by atoms with van der Waals surface area (Å²) in [5.41, 5.74) is 2.07. The number of likely N-dealkylation sites (tertiary alicyclic amines) is 1. The number of hydrogen-bond acceptors (Lipinski definition) is 2. The maximum absolute atomic E-state index is 12.1. The van der Waals surface area contributed by atoms with Crippen molar-refractivity contribution in [1.82, 2.24) is 14.5 Å². The second-order valence-corrected chi connectivity index (χ2v) is 5.35. The number of hydrogen-bond donors (Lipinski definition) is 0. The van der Waals surface area contributed by atoms with Crippen LogP contribution in [0.4, 0.5) is 0 Å². The zero-order valence-corrected chi connectivity index (χ0v) is 12.0.